The van der Waals surface area contributed by atoms with Gasteiger partial charge < -0.3 is 15.0 Å². The summed E-state index contributed by atoms with van der Waals surface area (Å²) in [6, 6.07) is 8.06. The van der Waals surface area contributed by atoms with E-state index in [-0.39, 0.29) is 11.8 Å². The minimum Gasteiger partial charge on any atom is -0.492 e. The number of aryl methyl sites for hydroxylation is 2. The Hall–Kier alpha value is -2.38. The van der Waals surface area contributed by atoms with Crippen molar-refractivity contribution >= 4 is 28.8 Å². The van der Waals surface area contributed by atoms with Gasteiger partial charge in [-0.1, -0.05) is 32.0 Å². The molecule has 6 nitrogen and oxygen atoms in total. The van der Waals surface area contributed by atoms with Gasteiger partial charge in [0.1, 0.15) is 10.6 Å². The summed E-state index contributed by atoms with van der Waals surface area (Å²) < 4.78 is 5.59. The smallest absolute Gasteiger partial charge is 0.267 e. The molecule has 0 spiro atoms. The van der Waals surface area contributed by atoms with Gasteiger partial charge in [0.25, 0.3) is 5.91 Å². The molecule has 1 aromatic heterocycles. The molecule has 168 valence electrons. The zero-order chi connectivity index (χ0) is 22.2. The van der Waals surface area contributed by atoms with E-state index in [4.69, 9.17) is 4.74 Å². The lowest BCUT2D eigenvalue weighted by atomic mass is 10.0. The highest BCUT2D eigenvalue weighted by Crippen LogP contribution is 2.27. The zero-order valence-corrected chi connectivity index (χ0v) is 19.6. The number of hydrogen-bond acceptors (Lipinski definition) is 5. The molecule has 0 bridgehead atoms. The summed E-state index contributed by atoms with van der Waals surface area (Å²) >= 11 is 1.42. The number of nitrogens with zero attached hydrogens (tertiary/aromatic N) is 2. The summed E-state index contributed by atoms with van der Waals surface area (Å²) in [6.45, 7) is 9.81. The first kappa shape index (κ1) is 23.3. The molecule has 0 saturated carbocycles. The van der Waals surface area contributed by atoms with Crippen molar-refractivity contribution in [3.05, 3.63) is 45.6 Å². The summed E-state index contributed by atoms with van der Waals surface area (Å²) in [5.41, 5.74) is 3.30. The average Bonchev–Trinajstić information content (AvgIpc) is 3.11. The molecule has 3 rings (SSSR count). The molecule has 1 aromatic carbocycles. The standard InChI is InChI=1S/C24H33N3O3S/c1-4-18-9-7-10-19(5-2)22(18)25-21(28)17-26-12-8-13-27(15-14-26)24(29)23-20(30-6-3)11-16-31-23/h7,9-11,16H,4-6,8,12-15,17H2,1-3H3,(H,25,28). The third-order valence-electron chi connectivity index (χ3n) is 5.63. The Morgan fingerprint density at radius 2 is 1.77 bits per heavy atom. The molecule has 0 unspecified atom stereocenters. The molecule has 2 amide bonds. The van der Waals surface area contributed by atoms with Gasteiger partial charge in [-0.3, -0.25) is 14.5 Å². The molecule has 31 heavy (non-hydrogen) atoms. The number of carbonyl (C=O) groups excluding carboxylic acids is 2. The maximum Gasteiger partial charge on any atom is 0.267 e. The van der Waals surface area contributed by atoms with Crippen molar-refractivity contribution in [1.82, 2.24) is 9.80 Å². The van der Waals surface area contributed by atoms with E-state index >= 15 is 0 Å². The topological polar surface area (TPSA) is 61.9 Å². The van der Waals surface area contributed by atoms with Crippen molar-refractivity contribution < 1.29 is 14.3 Å². The molecule has 1 aliphatic rings. The van der Waals surface area contributed by atoms with Gasteiger partial charge in [0.15, 0.2) is 0 Å². The molecule has 1 saturated heterocycles. The molecule has 7 heteroatoms. The van der Waals surface area contributed by atoms with Gasteiger partial charge in [0.05, 0.1) is 13.2 Å². The van der Waals surface area contributed by atoms with E-state index in [0.29, 0.717) is 43.4 Å². The second-order valence-corrected chi connectivity index (χ2v) is 8.59. The van der Waals surface area contributed by atoms with Crippen LogP contribution < -0.4 is 10.1 Å². The lowest BCUT2D eigenvalue weighted by molar-refractivity contribution is -0.117. The van der Waals surface area contributed by atoms with Gasteiger partial charge in [-0.25, -0.2) is 0 Å². The number of hydrogen-bond donors (Lipinski definition) is 1. The summed E-state index contributed by atoms with van der Waals surface area (Å²) in [7, 11) is 0. The van der Waals surface area contributed by atoms with Crippen molar-refractivity contribution in [2.24, 2.45) is 0 Å². The van der Waals surface area contributed by atoms with Gasteiger partial charge in [-0.05, 0) is 48.8 Å². The largest absolute Gasteiger partial charge is 0.492 e. The fourth-order valence-electron chi connectivity index (χ4n) is 3.98. The van der Waals surface area contributed by atoms with Crippen LogP contribution in [0.15, 0.2) is 29.6 Å². The number of benzene rings is 1. The molecule has 0 aliphatic carbocycles. The van der Waals surface area contributed by atoms with Crippen LogP contribution in [-0.2, 0) is 17.6 Å². The van der Waals surface area contributed by atoms with Gasteiger partial charge in [0, 0.05) is 31.9 Å². The minimum absolute atomic E-state index is 0.00673. The number of carbonyl (C=O) groups is 2. The molecular weight excluding hydrogens is 410 g/mol. The molecule has 2 heterocycles. The lowest BCUT2D eigenvalue weighted by Gasteiger charge is -2.22. The third kappa shape index (κ3) is 5.86. The van der Waals surface area contributed by atoms with Crippen molar-refractivity contribution in [3.63, 3.8) is 0 Å². The van der Waals surface area contributed by atoms with E-state index < -0.39 is 0 Å². The normalized spacial score (nSPS) is 14.9. The Bertz CT molecular complexity index is 874. The van der Waals surface area contributed by atoms with E-state index in [0.717, 1.165) is 31.5 Å². The van der Waals surface area contributed by atoms with E-state index in [2.05, 4.69) is 42.3 Å². The first-order valence-corrected chi connectivity index (χ1v) is 12.1. The van der Waals surface area contributed by atoms with E-state index in [1.165, 1.54) is 22.5 Å². The van der Waals surface area contributed by atoms with Gasteiger partial charge in [-0.2, -0.15) is 0 Å². The quantitative estimate of drug-likeness (QED) is 0.668. The zero-order valence-electron chi connectivity index (χ0n) is 18.8. The van der Waals surface area contributed by atoms with Crippen LogP contribution in [-0.4, -0.2) is 60.9 Å². The lowest BCUT2D eigenvalue weighted by Crippen LogP contribution is -2.38. The second-order valence-electron chi connectivity index (χ2n) is 7.68. The summed E-state index contributed by atoms with van der Waals surface area (Å²) in [5.74, 6) is 0.695. The Morgan fingerprint density at radius 1 is 1.03 bits per heavy atom. The maximum absolute atomic E-state index is 13.0. The van der Waals surface area contributed by atoms with Crippen LogP contribution >= 0.6 is 11.3 Å². The highest BCUT2D eigenvalue weighted by molar-refractivity contribution is 7.12. The number of anilines is 1. The SMILES string of the molecule is CCOc1ccsc1C(=O)N1CCCN(CC(=O)Nc2c(CC)cccc2CC)CC1. The summed E-state index contributed by atoms with van der Waals surface area (Å²) in [4.78, 5) is 30.5. The van der Waals surface area contributed by atoms with Crippen LogP contribution in [0.25, 0.3) is 0 Å². The van der Waals surface area contributed by atoms with Gasteiger partial charge in [0.2, 0.25) is 5.91 Å². The number of para-hydroxylation sites is 1. The summed E-state index contributed by atoms with van der Waals surface area (Å²) in [5, 5.41) is 5.04. The van der Waals surface area contributed by atoms with Crippen molar-refractivity contribution in [3.8, 4) is 5.75 Å². The van der Waals surface area contributed by atoms with Gasteiger partial charge in [-0.15, -0.1) is 11.3 Å². The molecule has 1 aliphatic heterocycles. The van der Waals surface area contributed by atoms with E-state index in [9.17, 15) is 9.59 Å². The number of nitrogens with one attached hydrogen (secondary N) is 1. The molecule has 1 fully saturated rings. The number of ether oxygens (including phenoxy) is 1. The number of thiophene rings is 1. The molecule has 1 N–H and O–H groups in total. The number of rotatable bonds is 8. The predicted octanol–water partition coefficient (Wildman–Crippen LogP) is 4.06. The first-order valence-electron chi connectivity index (χ1n) is 11.2. The van der Waals surface area contributed by atoms with Gasteiger partial charge >= 0.3 is 0 Å². The van der Waals surface area contributed by atoms with Crippen LogP contribution in [0.4, 0.5) is 5.69 Å². The third-order valence-corrected chi connectivity index (χ3v) is 6.51. The predicted molar refractivity (Wildman–Crippen MR) is 126 cm³/mol. The fraction of sp³-hybridized carbons (Fsp3) is 0.500. The Kier molecular flexibility index (Phi) is 8.49. The molecule has 0 atom stereocenters. The number of amides is 2. The van der Waals surface area contributed by atoms with Crippen LogP contribution in [0.5, 0.6) is 5.75 Å². The van der Waals surface area contributed by atoms with E-state index in [1.54, 1.807) is 0 Å². The average molecular weight is 444 g/mol. The van der Waals surface area contributed by atoms with Crippen molar-refractivity contribution in [1.29, 1.82) is 0 Å². The highest BCUT2D eigenvalue weighted by Gasteiger charge is 2.24. The first-order chi connectivity index (χ1) is 15.1. The maximum atomic E-state index is 13.0. The van der Waals surface area contributed by atoms with Crippen LogP contribution in [0.3, 0.4) is 0 Å². The summed E-state index contributed by atoms with van der Waals surface area (Å²) in [6.07, 6.45) is 2.62. The monoisotopic (exact) mass is 443 g/mol. The van der Waals surface area contributed by atoms with Crippen LogP contribution in [0.2, 0.25) is 0 Å². The van der Waals surface area contributed by atoms with Crippen LogP contribution in [0.1, 0.15) is 48.0 Å². The Morgan fingerprint density at radius 3 is 2.45 bits per heavy atom. The Labute approximate surface area is 189 Å². The minimum atomic E-state index is 0.00673. The van der Waals surface area contributed by atoms with E-state index in [1.807, 2.05) is 23.3 Å². The fourth-order valence-corrected chi connectivity index (χ4v) is 4.78. The molecular formula is C24H33N3O3S. The molecule has 0 radical (unpaired) electrons. The van der Waals surface area contributed by atoms with Crippen molar-refractivity contribution in [2.75, 3.05) is 44.6 Å². The van der Waals surface area contributed by atoms with Crippen LogP contribution in [0, 0.1) is 0 Å². The molecule has 2 aromatic rings. The highest BCUT2D eigenvalue weighted by atomic mass is 32.1. The van der Waals surface area contributed by atoms with Crippen molar-refractivity contribution in [2.45, 2.75) is 40.0 Å². The second kappa shape index (κ2) is 11.3. The Balaban J connectivity index is 1.58.